The molecule has 1 aromatic carbocycles. The highest BCUT2D eigenvalue weighted by atomic mass is 19.4. The minimum atomic E-state index is -4.96. The van der Waals surface area contributed by atoms with Crippen LogP contribution in [-0.4, -0.2) is 6.18 Å². The minimum absolute atomic E-state index is 0.151. The third-order valence-electron chi connectivity index (χ3n) is 1.72. The standard InChI is InChI=1S/C10H6F6/c1-5-2-6(11)9(7(12)3-5)8(13)4-10(14,15)16/h2-4H,1H3/b8-4-. The van der Waals surface area contributed by atoms with Crippen molar-refractivity contribution in [1.82, 2.24) is 0 Å². The van der Waals surface area contributed by atoms with Gasteiger partial charge in [-0.15, -0.1) is 0 Å². The first-order valence-corrected chi connectivity index (χ1v) is 4.12. The van der Waals surface area contributed by atoms with E-state index in [0.717, 1.165) is 12.1 Å². The molecular weight excluding hydrogens is 234 g/mol. The number of hydrogen-bond donors (Lipinski definition) is 0. The Morgan fingerprint density at radius 2 is 1.56 bits per heavy atom. The Labute approximate surface area is 87.2 Å². The minimum Gasteiger partial charge on any atom is -0.206 e. The van der Waals surface area contributed by atoms with E-state index >= 15 is 0 Å². The van der Waals surface area contributed by atoms with Crippen molar-refractivity contribution in [2.24, 2.45) is 0 Å². The molecule has 0 bridgehead atoms. The Hall–Kier alpha value is -1.46. The maximum atomic E-state index is 13.0. The van der Waals surface area contributed by atoms with Crippen LogP contribution in [0.5, 0.6) is 0 Å². The van der Waals surface area contributed by atoms with Crippen LogP contribution in [0.2, 0.25) is 0 Å². The molecule has 0 saturated heterocycles. The molecule has 6 heteroatoms. The summed E-state index contributed by atoms with van der Waals surface area (Å²) in [4.78, 5) is 0. The number of allylic oxidation sites excluding steroid dienone is 1. The van der Waals surface area contributed by atoms with Crippen LogP contribution >= 0.6 is 0 Å². The monoisotopic (exact) mass is 240 g/mol. The molecule has 1 rings (SSSR count). The highest BCUT2D eigenvalue weighted by Crippen LogP contribution is 2.28. The quantitative estimate of drug-likeness (QED) is 0.647. The normalized spacial score (nSPS) is 13.1. The summed E-state index contributed by atoms with van der Waals surface area (Å²) >= 11 is 0. The molecule has 0 unspecified atom stereocenters. The molecule has 0 aliphatic heterocycles. The fraction of sp³-hybridized carbons (Fsp3) is 0.200. The van der Waals surface area contributed by atoms with E-state index in [2.05, 4.69) is 0 Å². The van der Waals surface area contributed by atoms with E-state index in [9.17, 15) is 26.3 Å². The molecule has 0 spiro atoms. The summed E-state index contributed by atoms with van der Waals surface area (Å²) in [6.45, 7) is 1.33. The molecule has 0 fully saturated rings. The molecule has 0 N–H and O–H groups in total. The third-order valence-corrected chi connectivity index (χ3v) is 1.72. The number of aryl methyl sites for hydroxylation is 1. The lowest BCUT2D eigenvalue weighted by atomic mass is 10.1. The first-order valence-electron chi connectivity index (χ1n) is 4.12. The van der Waals surface area contributed by atoms with Gasteiger partial charge in [0.25, 0.3) is 0 Å². The van der Waals surface area contributed by atoms with Gasteiger partial charge < -0.3 is 0 Å². The molecule has 88 valence electrons. The van der Waals surface area contributed by atoms with Gasteiger partial charge in [0.2, 0.25) is 0 Å². The van der Waals surface area contributed by atoms with Crippen molar-refractivity contribution in [3.63, 3.8) is 0 Å². The predicted molar refractivity (Wildman–Crippen MR) is 46.2 cm³/mol. The molecule has 1 aromatic rings. The first kappa shape index (κ1) is 12.6. The average Bonchev–Trinajstić information content (AvgIpc) is 1.96. The molecule has 0 aromatic heterocycles. The van der Waals surface area contributed by atoms with Crippen LogP contribution in [0, 0.1) is 18.6 Å². The van der Waals surface area contributed by atoms with Gasteiger partial charge in [0.05, 0.1) is 11.6 Å². The van der Waals surface area contributed by atoms with Crippen LogP contribution in [0.1, 0.15) is 11.1 Å². The Morgan fingerprint density at radius 3 is 1.94 bits per heavy atom. The second-order valence-corrected chi connectivity index (χ2v) is 3.14. The van der Waals surface area contributed by atoms with Gasteiger partial charge in [-0.05, 0) is 24.6 Å². The lowest BCUT2D eigenvalue weighted by molar-refractivity contribution is -0.0798. The molecule has 0 saturated carbocycles. The van der Waals surface area contributed by atoms with E-state index < -0.39 is 35.3 Å². The van der Waals surface area contributed by atoms with Gasteiger partial charge in [0.15, 0.2) is 0 Å². The van der Waals surface area contributed by atoms with Gasteiger partial charge in [-0.25, -0.2) is 13.2 Å². The van der Waals surface area contributed by atoms with Gasteiger partial charge in [-0.1, -0.05) is 0 Å². The number of benzene rings is 1. The second kappa shape index (κ2) is 4.19. The van der Waals surface area contributed by atoms with Crippen LogP contribution in [0.4, 0.5) is 26.3 Å². The Kier molecular flexibility index (Phi) is 3.30. The maximum Gasteiger partial charge on any atom is 0.412 e. The highest BCUT2D eigenvalue weighted by molar-refractivity contribution is 5.61. The summed E-state index contributed by atoms with van der Waals surface area (Å²) in [7, 11) is 0. The summed E-state index contributed by atoms with van der Waals surface area (Å²) in [6.07, 6.45) is -5.75. The summed E-state index contributed by atoms with van der Waals surface area (Å²) in [5.41, 5.74) is -1.15. The first-order chi connectivity index (χ1) is 7.20. The second-order valence-electron chi connectivity index (χ2n) is 3.14. The number of alkyl halides is 3. The summed E-state index contributed by atoms with van der Waals surface area (Å²) < 4.78 is 74.4. The van der Waals surface area contributed by atoms with Crippen molar-refractivity contribution in [3.05, 3.63) is 41.0 Å². The van der Waals surface area contributed by atoms with E-state index in [-0.39, 0.29) is 5.56 Å². The van der Waals surface area contributed by atoms with E-state index in [1.165, 1.54) is 6.92 Å². The SMILES string of the molecule is Cc1cc(F)c(/C(F)=C/C(F)(F)F)c(F)c1. The lowest BCUT2D eigenvalue weighted by Gasteiger charge is -2.05. The van der Waals surface area contributed by atoms with Crippen molar-refractivity contribution >= 4 is 5.83 Å². The molecule has 0 heterocycles. The summed E-state index contributed by atoms with van der Waals surface area (Å²) in [5, 5.41) is 0. The van der Waals surface area contributed by atoms with Crippen molar-refractivity contribution in [2.45, 2.75) is 13.1 Å². The van der Waals surface area contributed by atoms with E-state index in [1.807, 2.05) is 0 Å². The van der Waals surface area contributed by atoms with E-state index in [0.29, 0.717) is 0 Å². The highest BCUT2D eigenvalue weighted by Gasteiger charge is 2.27. The zero-order valence-electron chi connectivity index (χ0n) is 8.00. The number of rotatable bonds is 1. The topological polar surface area (TPSA) is 0 Å². The smallest absolute Gasteiger partial charge is 0.206 e. The summed E-state index contributed by atoms with van der Waals surface area (Å²) in [5.74, 6) is -4.71. The van der Waals surface area contributed by atoms with Crippen LogP contribution in [0.15, 0.2) is 18.2 Å². The fourth-order valence-electron chi connectivity index (χ4n) is 1.14. The van der Waals surface area contributed by atoms with Gasteiger partial charge in [0, 0.05) is 0 Å². The van der Waals surface area contributed by atoms with Crippen molar-refractivity contribution in [1.29, 1.82) is 0 Å². The zero-order valence-corrected chi connectivity index (χ0v) is 8.00. The molecule has 0 atom stereocenters. The van der Waals surface area contributed by atoms with Crippen molar-refractivity contribution in [2.75, 3.05) is 0 Å². The largest absolute Gasteiger partial charge is 0.412 e. The lowest BCUT2D eigenvalue weighted by Crippen LogP contribution is -2.03. The van der Waals surface area contributed by atoms with Crippen LogP contribution < -0.4 is 0 Å². The van der Waals surface area contributed by atoms with Crippen LogP contribution in [0.25, 0.3) is 5.83 Å². The van der Waals surface area contributed by atoms with Gasteiger partial charge in [-0.2, -0.15) is 13.2 Å². The van der Waals surface area contributed by atoms with E-state index in [1.54, 1.807) is 0 Å². The van der Waals surface area contributed by atoms with Crippen molar-refractivity contribution in [3.8, 4) is 0 Å². The fourth-order valence-corrected chi connectivity index (χ4v) is 1.14. The van der Waals surface area contributed by atoms with Crippen LogP contribution in [-0.2, 0) is 0 Å². The maximum absolute atomic E-state index is 13.0. The molecule has 0 aliphatic rings. The molecule has 16 heavy (non-hydrogen) atoms. The predicted octanol–water partition coefficient (Wildman–Crippen LogP) is 4.15. The average molecular weight is 240 g/mol. The van der Waals surface area contributed by atoms with E-state index in [4.69, 9.17) is 0 Å². The Morgan fingerprint density at radius 1 is 1.12 bits per heavy atom. The molecule has 0 radical (unpaired) electrons. The third kappa shape index (κ3) is 3.01. The number of halogens is 6. The zero-order chi connectivity index (χ0) is 12.5. The van der Waals surface area contributed by atoms with Gasteiger partial charge in [-0.3, -0.25) is 0 Å². The van der Waals surface area contributed by atoms with Crippen molar-refractivity contribution < 1.29 is 26.3 Å². The Bertz CT molecular complexity index is 406. The van der Waals surface area contributed by atoms with Gasteiger partial charge >= 0.3 is 6.18 Å². The molecule has 0 amide bonds. The van der Waals surface area contributed by atoms with Crippen LogP contribution in [0.3, 0.4) is 0 Å². The Balaban J connectivity index is 3.29. The number of hydrogen-bond acceptors (Lipinski definition) is 0. The summed E-state index contributed by atoms with van der Waals surface area (Å²) in [6, 6.07) is 1.50. The molecule has 0 nitrogen and oxygen atoms in total. The molecule has 0 aliphatic carbocycles. The molecular formula is C10H6F6. The van der Waals surface area contributed by atoms with Gasteiger partial charge in [0.1, 0.15) is 17.5 Å².